The van der Waals surface area contributed by atoms with Crippen molar-refractivity contribution in [3.63, 3.8) is 0 Å². The van der Waals surface area contributed by atoms with Gasteiger partial charge in [-0.1, -0.05) is 110 Å². The molecule has 0 N–H and O–H groups in total. The van der Waals surface area contributed by atoms with Crippen molar-refractivity contribution in [1.82, 2.24) is 0 Å². The van der Waals surface area contributed by atoms with Crippen molar-refractivity contribution in [1.29, 1.82) is 0 Å². The summed E-state index contributed by atoms with van der Waals surface area (Å²) >= 11 is 0. The molecule has 0 fully saturated rings. The third kappa shape index (κ3) is 6.74. The highest BCUT2D eigenvalue weighted by molar-refractivity contribution is 5.94. The highest BCUT2D eigenvalue weighted by Gasteiger charge is 2.11. The first-order chi connectivity index (χ1) is 18.0. The maximum Gasteiger partial charge on any atom is 0.335 e. The summed E-state index contributed by atoms with van der Waals surface area (Å²) in [6, 6.07) is 32.5. The van der Waals surface area contributed by atoms with Gasteiger partial charge in [-0.15, -0.1) is 0 Å². The first-order valence-corrected chi connectivity index (χ1v) is 12.3. The van der Waals surface area contributed by atoms with Gasteiger partial charge in [0.25, 0.3) is 0 Å². The molecule has 0 aliphatic carbocycles. The molecule has 0 heterocycles. The first kappa shape index (κ1) is 25.5. The number of carbonyl (C=O) groups excluding carboxylic acids is 1. The Balaban J connectivity index is 1.45. The van der Waals surface area contributed by atoms with Gasteiger partial charge in [-0.05, 0) is 53.6 Å². The molecule has 4 rings (SSSR count). The number of ether oxygens (including phenoxy) is 1. The molecular weight excluding hydrogens is 454 g/mol. The van der Waals surface area contributed by atoms with Crippen LogP contribution >= 0.6 is 0 Å². The van der Waals surface area contributed by atoms with Crippen LogP contribution < -0.4 is 9.64 Å². The number of carbonyl (C=O) groups is 1. The van der Waals surface area contributed by atoms with Crippen molar-refractivity contribution in [2.45, 2.75) is 19.4 Å². The van der Waals surface area contributed by atoms with E-state index in [1.165, 1.54) is 17.2 Å². The lowest BCUT2D eigenvalue weighted by Crippen LogP contribution is -2.20. The van der Waals surface area contributed by atoms with Crippen molar-refractivity contribution in [3.05, 3.63) is 157 Å². The second-order valence-electron chi connectivity index (χ2n) is 8.78. The van der Waals surface area contributed by atoms with Crippen LogP contribution in [0.5, 0.6) is 5.75 Å². The molecule has 3 heteroatoms. The first-order valence-electron chi connectivity index (χ1n) is 12.3. The lowest BCUT2D eigenvalue weighted by molar-refractivity contribution is -0.128. The smallest absolute Gasteiger partial charge is 0.335 e. The molecule has 0 amide bonds. The number of hydrogen-bond acceptors (Lipinski definition) is 3. The van der Waals surface area contributed by atoms with E-state index >= 15 is 0 Å². The van der Waals surface area contributed by atoms with Crippen LogP contribution in [0.3, 0.4) is 0 Å². The van der Waals surface area contributed by atoms with Crippen LogP contribution in [0.25, 0.3) is 10.8 Å². The molecule has 0 bridgehead atoms. The predicted octanol–water partition coefficient (Wildman–Crippen LogP) is 8.20. The van der Waals surface area contributed by atoms with Gasteiger partial charge in [-0.2, -0.15) is 0 Å². The van der Waals surface area contributed by atoms with Crippen LogP contribution in [0, 0.1) is 0 Å². The Labute approximate surface area is 219 Å². The van der Waals surface area contributed by atoms with Crippen LogP contribution in [0.2, 0.25) is 0 Å². The number of esters is 1. The van der Waals surface area contributed by atoms with Gasteiger partial charge in [-0.25, -0.2) is 4.79 Å². The van der Waals surface area contributed by atoms with Crippen molar-refractivity contribution in [3.8, 4) is 5.75 Å². The molecule has 0 aliphatic heterocycles. The molecule has 0 radical (unpaired) electrons. The van der Waals surface area contributed by atoms with Gasteiger partial charge in [0.1, 0.15) is 5.75 Å². The minimum absolute atomic E-state index is 0.464. The summed E-state index contributed by atoms with van der Waals surface area (Å²) in [7, 11) is 0. The Kier molecular flexibility index (Phi) is 8.51. The Morgan fingerprint density at radius 1 is 0.784 bits per heavy atom. The van der Waals surface area contributed by atoms with Gasteiger partial charge >= 0.3 is 5.97 Å². The quantitative estimate of drug-likeness (QED) is 0.0928. The van der Waals surface area contributed by atoms with E-state index in [1.54, 1.807) is 0 Å². The molecule has 0 spiro atoms. The van der Waals surface area contributed by atoms with Gasteiger partial charge in [-0.3, -0.25) is 0 Å². The van der Waals surface area contributed by atoms with Crippen molar-refractivity contribution >= 4 is 22.4 Å². The van der Waals surface area contributed by atoms with Crippen LogP contribution in [0.1, 0.15) is 17.5 Å². The zero-order valence-electron chi connectivity index (χ0n) is 21.0. The van der Waals surface area contributed by atoms with E-state index in [4.69, 9.17) is 4.74 Å². The summed E-state index contributed by atoms with van der Waals surface area (Å²) in [5.41, 5.74) is 5.40. The second kappa shape index (κ2) is 12.4. The number of aryl methyl sites for hydroxylation is 1. The van der Waals surface area contributed by atoms with Crippen LogP contribution in [-0.4, -0.2) is 5.97 Å². The zero-order chi connectivity index (χ0) is 26.0. The van der Waals surface area contributed by atoms with Crippen LogP contribution in [0.15, 0.2) is 146 Å². The third-order valence-corrected chi connectivity index (χ3v) is 6.18. The van der Waals surface area contributed by atoms with Crippen molar-refractivity contribution in [2.75, 3.05) is 4.90 Å². The highest BCUT2D eigenvalue weighted by Crippen LogP contribution is 2.30. The van der Waals surface area contributed by atoms with E-state index in [0.717, 1.165) is 47.1 Å². The maximum atomic E-state index is 11.7. The molecule has 0 aromatic heterocycles. The maximum absolute atomic E-state index is 11.7. The lowest BCUT2D eigenvalue weighted by atomic mass is 9.98. The van der Waals surface area contributed by atoms with E-state index in [9.17, 15) is 4.79 Å². The fourth-order valence-electron chi connectivity index (χ4n) is 4.21. The van der Waals surface area contributed by atoms with Gasteiger partial charge in [0, 0.05) is 29.4 Å². The summed E-state index contributed by atoms with van der Waals surface area (Å²) in [5, 5.41) is 1.97. The summed E-state index contributed by atoms with van der Waals surface area (Å²) in [5.74, 6) is 0.0761. The topological polar surface area (TPSA) is 29.5 Å². The molecule has 4 aromatic rings. The van der Waals surface area contributed by atoms with Gasteiger partial charge in [0.2, 0.25) is 0 Å². The van der Waals surface area contributed by atoms with E-state index in [0.29, 0.717) is 5.75 Å². The second-order valence-corrected chi connectivity index (χ2v) is 8.78. The molecule has 37 heavy (non-hydrogen) atoms. The molecule has 0 aliphatic rings. The molecule has 4 aromatic carbocycles. The minimum Gasteiger partial charge on any atom is -0.423 e. The number of nitrogens with zero attached hydrogens (tertiary/aromatic N) is 1. The Morgan fingerprint density at radius 3 is 2.14 bits per heavy atom. The average molecular weight is 486 g/mol. The molecule has 0 unspecified atom stereocenters. The standard InChI is InChI=1S/C34H31NO2/c1-4-34(36)37-33-24-23-29(31-17-11-12-18-32(31)33)22-20-26(2)19-21-27(3)35(30-15-9-6-10-16-30)25-28-13-7-5-8-14-28/h4-19,21,23-24H,1-3,20,22,25H2/b21-19-. The van der Waals surface area contributed by atoms with Crippen LogP contribution in [0.4, 0.5) is 5.69 Å². The number of rotatable bonds is 11. The summed E-state index contributed by atoms with van der Waals surface area (Å²) in [6.45, 7) is 12.8. The van der Waals surface area contributed by atoms with Gasteiger partial charge < -0.3 is 9.64 Å². The molecule has 0 atom stereocenters. The normalized spacial score (nSPS) is 10.8. The highest BCUT2D eigenvalue weighted by atomic mass is 16.5. The zero-order valence-corrected chi connectivity index (χ0v) is 21.0. The molecule has 184 valence electrons. The number of anilines is 1. The number of allylic oxidation sites excluding steroid dienone is 3. The number of benzene rings is 4. The predicted molar refractivity (Wildman–Crippen MR) is 155 cm³/mol. The fraction of sp³-hybridized carbons (Fsp3) is 0.0882. The summed E-state index contributed by atoms with van der Waals surface area (Å²) in [4.78, 5) is 13.9. The van der Waals surface area contributed by atoms with Crippen molar-refractivity contribution < 1.29 is 9.53 Å². The van der Waals surface area contributed by atoms with E-state index in [-0.39, 0.29) is 0 Å². The average Bonchev–Trinajstić information content (AvgIpc) is 2.95. The van der Waals surface area contributed by atoms with Gasteiger partial charge in [0.15, 0.2) is 0 Å². The van der Waals surface area contributed by atoms with E-state index in [2.05, 4.69) is 67.1 Å². The molecule has 0 saturated carbocycles. The Morgan fingerprint density at radius 2 is 1.43 bits per heavy atom. The minimum atomic E-state index is -0.464. The SMILES string of the molecule is C=CC(=O)Oc1ccc(CCC(=C)/C=C\C(=C)N(Cc2ccccc2)c2ccccc2)c2ccccc12. The van der Waals surface area contributed by atoms with Crippen LogP contribution in [-0.2, 0) is 17.8 Å². The third-order valence-electron chi connectivity index (χ3n) is 6.18. The fourth-order valence-corrected chi connectivity index (χ4v) is 4.21. The number of fused-ring (bicyclic) bond motifs is 1. The number of para-hydroxylation sites is 1. The molecule has 0 saturated heterocycles. The summed E-state index contributed by atoms with van der Waals surface area (Å²) in [6.07, 6.45) is 6.87. The monoisotopic (exact) mass is 485 g/mol. The number of hydrogen-bond donors (Lipinski definition) is 0. The Hall–Kier alpha value is -4.63. The molecular formula is C34H31NO2. The van der Waals surface area contributed by atoms with Gasteiger partial charge in [0.05, 0.1) is 0 Å². The molecule has 3 nitrogen and oxygen atoms in total. The van der Waals surface area contributed by atoms with E-state index in [1.807, 2.05) is 66.7 Å². The largest absolute Gasteiger partial charge is 0.423 e. The van der Waals surface area contributed by atoms with E-state index < -0.39 is 5.97 Å². The Bertz CT molecular complexity index is 1430. The van der Waals surface area contributed by atoms with Crippen molar-refractivity contribution in [2.24, 2.45) is 0 Å². The lowest BCUT2D eigenvalue weighted by Gasteiger charge is -2.25. The summed E-state index contributed by atoms with van der Waals surface area (Å²) < 4.78 is 5.42.